The molecule has 2 aliphatic rings. The van der Waals surface area contributed by atoms with E-state index in [0.717, 1.165) is 16.6 Å². The van der Waals surface area contributed by atoms with E-state index in [1.807, 2.05) is 17.0 Å². The summed E-state index contributed by atoms with van der Waals surface area (Å²) in [5.74, 6) is -0.0235. The van der Waals surface area contributed by atoms with Gasteiger partial charge >= 0.3 is 0 Å². The fourth-order valence-electron chi connectivity index (χ4n) is 4.22. The Balaban J connectivity index is 1.47. The van der Waals surface area contributed by atoms with Crippen molar-refractivity contribution in [3.63, 3.8) is 0 Å². The zero-order chi connectivity index (χ0) is 19.9. The van der Waals surface area contributed by atoms with Gasteiger partial charge in [0.15, 0.2) is 0 Å². The van der Waals surface area contributed by atoms with Gasteiger partial charge in [-0.25, -0.2) is 8.42 Å². The second kappa shape index (κ2) is 7.61. The van der Waals surface area contributed by atoms with Crippen LogP contribution in [-0.2, 0) is 21.2 Å². The molecular weight excluding hydrogens is 440 g/mol. The van der Waals surface area contributed by atoms with Crippen molar-refractivity contribution < 1.29 is 13.2 Å². The van der Waals surface area contributed by atoms with E-state index in [9.17, 15) is 13.2 Å². The molecule has 0 radical (unpaired) electrons. The van der Waals surface area contributed by atoms with Crippen molar-refractivity contribution in [1.82, 2.24) is 4.31 Å². The number of amides is 1. The number of benzene rings is 2. The molecule has 4 rings (SSSR count). The van der Waals surface area contributed by atoms with Gasteiger partial charge in [-0.2, -0.15) is 4.31 Å². The Labute approximate surface area is 174 Å². The number of carbonyl (C=O) groups is 1. The number of halogens is 1. The Kier molecular flexibility index (Phi) is 5.33. The fraction of sp³-hybridized carbons (Fsp3) is 0.381. The maximum absolute atomic E-state index is 13.2. The Hall–Kier alpha value is -1.70. The molecule has 28 heavy (non-hydrogen) atoms. The standard InChI is InChI=1S/C21H23BrN2O3S/c1-15-13-17-14-18(22)7-8-20(17)24(15)21(25)16-9-11-23(12-10-16)28(26,27)19-5-3-2-4-6-19/h2-8,14-16H,9-13H2,1H3/t15-/m1/s1. The Morgan fingerprint density at radius 2 is 1.75 bits per heavy atom. The molecule has 1 saturated heterocycles. The first-order chi connectivity index (χ1) is 13.4. The van der Waals surface area contributed by atoms with Gasteiger partial charge in [0.05, 0.1) is 4.90 Å². The van der Waals surface area contributed by atoms with Crippen LogP contribution in [0.25, 0.3) is 0 Å². The second-order valence-electron chi connectivity index (χ2n) is 7.53. The molecule has 1 atom stereocenters. The van der Waals surface area contributed by atoms with Gasteiger partial charge in [-0.05, 0) is 62.1 Å². The van der Waals surface area contributed by atoms with E-state index in [1.165, 1.54) is 9.87 Å². The van der Waals surface area contributed by atoms with Gasteiger partial charge in [0.1, 0.15) is 0 Å². The summed E-state index contributed by atoms with van der Waals surface area (Å²) in [6, 6.07) is 14.7. The van der Waals surface area contributed by atoms with Crippen molar-refractivity contribution in [2.24, 2.45) is 5.92 Å². The summed E-state index contributed by atoms with van der Waals surface area (Å²) in [5.41, 5.74) is 2.17. The molecule has 0 unspecified atom stereocenters. The van der Waals surface area contributed by atoms with Crippen LogP contribution in [-0.4, -0.2) is 37.8 Å². The highest BCUT2D eigenvalue weighted by Gasteiger charge is 2.38. The molecular formula is C21H23BrN2O3S. The first-order valence-electron chi connectivity index (χ1n) is 9.54. The molecule has 1 fully saturated rings. The first kappa shape index (κ1) is 19.6. The smallest absolute Gasteiger partial charge is 0.243 e. The maximum Gasteiger partial charge on any atom is 0.243 e. The third kappa shape index (κ3) is 3.51. The minimum Gasteiger partial charge on any atom is -0.309 e. The SMILES string of the molecule is C[C@@H]1Cc2cc(Br)ccc2N1C(=O)C1CCN(S(=O)(=O)c2ccccc2)CC1. The van der Waals surface area contributed by atoms with Crippen molar-refractivity contribution in [3.8, 4) is 0 Å². The van der Waals surface area contributed by atoms with Gasteiger partial charge in [0, 0.05) is 35.2 Å². The summed E-state index contributed by atoms with van der Waals surface area (Å²) < 4.78 is 28.1. The molecule has 0 aromatic heterocycles. The molecule has 5 nitrogen and oxygen atoms in total. The van der Waals surface area contributed by atoms with Crippen molar-refractivity contribution in [3.05, 3.63) is 58.6 Å². The van der Waals surface area contributed by atoms with Crippen molar-refractivity contribution in [1.29, 1.82) is 0 Å². The molecule has 0 aliphatic carbocycles. The average Bonchev–Trinajstić information content (AvgIpc) is 3.03. The van der Waals surface area contributed by atoms with Crippen LogP contribution >= 0.6 is 15.9 Å². The van der Waals surface area contributed by atoms with E-state index in [-0.39, 0.29) is 17.9 Å². The monoisotopic (exact) mass is 462 g/mol. The molecule has 148 valence electrons. The number of hydrogen-bond donors (Lipinski definition) is 0. The van der Waals surface area contributed by atoms with Crippen LogP contribution in [0, 0.1) is 5.92 Å². The van der Waals surface area contributed by atoms with Gasteiger partial charge in [0.2, 0.25) is 15.9 Å². The lowest BCUT2D eigenvalue weighted by molar-refractivity contribution is -0.123. The highest BCUT2D eigenvalue weighted by atomic mass is 79.9. The number of hydrogen-bond acceptors (Lipinski definition) is 3. The first-order valence-corrected chi connectivity index (χ1v) is 11.8. The highest BCUT2D eigenvalue weighted by molar-refractivity contribution is 9.10. The third-order valence-electron chi connectivity index (χ3n) is 5.68. The van der Waals surface area contributed by atoms with Crippen LogP contribution in [0.15, 0.2) is 57.9 Å². The Morgan fingerprint density at radius 3 is 2.43 bits per heavy atom. The minimum absolute atomic E-state index is 0.116. The molecule has 2 aromatic rings. The van der Waals surface area contributed by atoms with E-state index >= 15 is 0 Å². The Morgan fingerprint density at radius 1 is 1.07 bits per heavy atom. The van der Waals surface area contributed by atoms with Crippen LogP contribution < -0.4 is 4.90 Å². The molecule has 0 spiro atoms. The lowest BCUT2D eigenvalue weighted by Gasteiger charge is -2.34. The van der Waals surface area contributed by atoms with E-state index < -0.39 is 10.0 Å². The van der Waals surface area contributed by atoms with Crippen LogP contribution in [0.1, 0.15) is 25.3 Å². The number of nitrogens with zero attached hydrogens (tertiary/aromatic N) is 2. The van der Waals surface area contributed by atoms with E-state index in [2.05, 4.69) is 28.9 Å². The third-order valence-corrected chi connectivity index (χ3v) is 8.08. The van der Waals surface area contributed by atoms with Gasteiger partial charge < -0.3 is 4.90 Å². The minimum atomic E-state index is -3.49. The van der Waals surface area contributed by atoms with E-state index in [0.29, 0.717) is 30.8 Å². The lowest BCUT2D eigenvalue weighted by atomic mass is 9.96. The molecule has 0 saturated carbocycles. The van der Waals surface area contributed by atoms with Crippen molar-refractivity contribution in [2.45, 2.75) is 37.1 Å². The number of anilines is 1. The zero-order valence-electron chi connectivity index (χ0n) is 15.7. The molecule has 0 bridgehead atoms. The largest absolute Gasteiger partial charge is 0.309 e. The van der Waals surface area contributed by atoms with Crippen LogP contribution in [0.5, 0.6) is 0 Å². The van der Waals surface area contributed by atoms with Crippen LogP contribution in [0.2, 0.25) is 0 Å². The second-order valence-corrected chi connectivity index (χ2v) is 10.4. The average molecular weight is 463 g/mol. The molecule has 7 heteroatoms. The van der Waals surface area contributed by atoms with Crippen LogP contribution in [0.3, 0.4) is 0 Å². The number of carbonyl (C=O) groups excluding carboxylic acids is 1. The zero-order valence-corrected chi connectivity index (χ0v) is 18.1. The lowest BCUT2D eigenvalue weighted by Crippen LogP contribution is -2.46. The van der Waals surface area contributed by atoms with Crippen molar-refractivity contribution in [2.75, 3.05) is 18.0 Å². The summed E-state index contributed by atoms with van der Waals surface area (Å²) in [6.45, 7) is 2.83. The molecule has 2 heterocycles. The predicted molar refractivity (Wildman–Crippen MR) is 113 cm³/mol. The molecule has 0 N–H and O–H groups in total. The molecule has 1 amide bonds. The normalized spacial score (nSPS) is 20.9. The Bertz CT molecular complexity index is 986. The fourth-order valence-corrected chi connectivity index (χ4v) is 6.12. The van der Waals surface area contributed by atoms with Gasteiger partial charge in [-0.1, -0.05) is 34.1 Å². The molecule has 2 aliphatic heterocycles. The van der Waals surface area contributed by atoms with Crippen LogP contribution in [0.4, 0.5) is 5.69 Å². The van der Waals surface area contributed by atoms with Crippen molar-refractivity contribution >= 4 is 37.5 Å². The van der Waals surface area contributed by atoms with E-state index in [4.69, 9.17) is 0 Å². The van der Waals surface area contributed by atoms with Gasteiger partial charge in [-0.3, -0.25) is 4.79 Å². The topological polar surface area (TPSA) is 57.7 Å². The summed E-state index contributed by atoms with van der Waals surface area (Å²) in [5, 5.41) is 0. The quantitative estimate of drug-likeness (QED) is 0.696. The predicted octanol–water partition coefficient (Wildman–Crippen LogP) is 3.83. The maximum atomic E-state index is 13.2. The summed E-state index contributed by atoms with van der Waals surface area (Å²) in [7, 11) is -3.49. The number of sulfonamides is 1. The van der Waals surface area contributed by atoms with Gasteiger partial charge in [0.25, 0.3) is 0 Å². The summed E-state index contributed by atoms with van der Waals surface area (Å²) in [6.07, 6.45) is 1.96. The summed E-state index contributed by atoms with van der Waals surface area (Å²) in [4.78, 5) is 15.5. The summed E-state index contributed by atoms with van der Waals surface area (Å²) >= 11 is 3.50. The highest BCUT2D eigenvalue weighted by Crippen LogP contribution is 2.36. The van der Waals surface area contributed by atoms with E-state index in [1.54, 1.807) is 30.3 Å². The van der Waals surface area contributed by atoms with Gasteiger partial charge in [-0.15, -0.1) is 0 Å². The number of piperidine rings is 1. The molecule has 2 aromatic carbocycles. The number of fused-ring (bicyclic) bond motifs is 1. The number of rotatable bonds is 3.